The van der Waals surface area contributed by atoms with Gasteiger partial charge < -0.3 is 9.73 Å². The molecule has 3 rings (SSSR count). The highest BCUT2D eigenvalue weighted by molar-refractivity contribution is 9.10. The van der Waals surface area contributed by atoms with Crippen LogP contribution in [-0.2, 0) is 11.2 Å². The summed E-state index contributed by atoms with van der Waals surface area (Å²) in [4.78, 5) is 12.1. The molecule has 0 saturated carbocycles. The molecule has 0 atom stereocenters. The molecule has 1 N–H and O–H groups in total. The van der Waals surface area contributed by atoms with Crippen LogP contribution in [0.1, 0.15) is 17.0 Å². The van der Waals surface area contributed by atoms with Crippen molar-refractivity contribution < 1.29 is 9.21 Å². The van der Waals surface area contributed by atoms with Crippen LogP contribution < -0.4 is 5.32 Å². The Morgan fingerprint density at radius 3 is 2.73 bits per heavy atom. The number of anilines is 1. The Bertz CT molecular complexity index is 915. The molecule has 8 heteroatoms. The normalized spacial score (nSPS) is 10.7. The molecule has 0 spiro atoms. The molecule has 0 aliphatic rings. The van der Waals surface area contributed by atoms with Crippen molar-refractivity contribution in [3.8, 4) is 0 Å². The molecule has 1 aromatic heterocycles. The summed E-state index contributed by atoms with van der Waals surface area (Å²) < 4.78 is 6.52. The van der Waals surface area contributed by atoms with Gasteiger partial charge in [0.15, 0.2) is 0 Å². The van der Waals surface area contributed by atoms with Crippen molar-refractivity contribution in [2.45, 2.75) is 18.6 Å². The number of halogens is 2. The van der Waals surface area contributed by atoms with E-state index in [1.807, 2.05) is 49.4 Å². The average molecular weight is 453 g/mol. The second-order valence-electron chi connectivity index (χ2n) is 5.57. The number of nitrogens with one attached hydrogen (secondary N) is 1. The number of hydrogen-bond acceptors (Lipinski definition) is 5. The third-order valence-corrected chi connectivity index (χ3v) is 5.42. The summed E-state index contributed by atoms with van der Waals surface area (Å²) in [7, 11) is 0. The Morgan fingerprint density at radius 2 is 2.00 bits per heavy atom. The number of rotatable bonds is 6. The number of hydrogen-bond donors (Lipinski definition) is 1. The second-order valence-corrected chi connectivity index (χ2v) is 7.78. The monoisotopic (exact) mass is 451 g/mol. The Hall–Kier alpha value is -1.83. The van der Waals surface area contributed by atoms with Gasteiger partial charge in [-0.15, -0.1) is 10.2 Å². The molecule has 0 aliphatic heterocycles. The zero-order valence-corrected chi connectivity index (χ0v) is 17.0. The van der Waals surface area contributed by atoms with Crippen molar-refractivity contribution in [1.29, 1.82) is 0 Å². The molecular weight excluding hydrogens is 438 g/mol. The molecule has 1 amide bonds. The number of carbonyl (C=O) groups is 1. The summed E-state index contributed by atoms with van der Waals surface area (Å²) in [6, 6.07) is 13.1. The summed E-state index contributed by atoms with van der Waals surface area (Å²) in [6.45, 7) is 1.99. The third kappa shape index (κ3) is 5.33. The molecule has 0 fully saturated rings. The lowest BCUT2D eigenvalue weighted by molar-refractivity contribution is -0.113. The van der Waals surface area contributed by atoms with Crippen LogP contribution in [0.2, 0.25) is 5.02 Å². The van der Waals surface area contributed by atoms with Crippen molar-refractivity contribution in [2.75, 3.05) is 11.1 Å². The van der Waals surface area contributed by atoms with Crippen molar-refractivity contribution in [3.63, 3.8) is 0 Å². The highest BCUT2D eigenvalue weighted by Gasteiger charge is 2.11. The van der Waals surface area contributed by atoms with Gasteiger partial charge in [0.05, 0.1) is 12.2 Å². The van der Waals surface area contributed by atoms with E-state index in [0.717, 1.165) is 21.3 Å². The standard InChI is InChI=1S/C18H15BrClN3O2S/c1-11-2-7-14(9-15(11)19)21-16(24)10-26-18-23-22-17(25-18)8-12-3-5-13(20)6-4-12/h2-7,9H,8,10H2,1H3,(H,21,24). The molecule has 134 valence electrons. The fraction of sp³-hybridized carbons (Fsp3) is 0.167. The van der Waals surface area contributed by atoms with Crippen molar-refractivity contribution in [3.05, 3.63) is 69.0 Å². The van der Waals surface area contributed by atoms with Crippen LogP contribution >= 0.6 is 39.3 Å². The molecule has 0 bridgehead atoms. The summed E-state index contributed by atoms with van der Waals surface area (Å²) in [5, 5.41) is 11.9. The summed E-state index contributed by atoms with van der Waals surface area (Å²) in [5.74, 6) is 0.551. The maximum absolute atomic E-state index is 12.1. The topological polar surface area (TPSA) is 68.0 Å². The fourth-order valence-electron chi connectivity index (χ4n) is 2.14. The Balaban J connectivity index is 1.51. The second kappa shape index (κ2) is 8.70. The summed E-state index contributed by atoms with van der Waals surface area (Å²) in [6.07, 6.45) is 0.522. The van der Waals surface area contributed by atoms with Gasteiger partial charge in [-0.2, -0.15) is 0 Å². The zero-order chi connectivity index (χ0) is 18.5. The molecule has 26 heavy (non-hydrogen) atoms. The van der Waals surface area contributed by atoms with E-state index >= 15 is 0 Å². The quantitative estimate of drug-likeness (QED) is 0.526. The van der Waals surface area contributed by atoms with Crippen LogP contribution in [-0.4, -0.2) is 21.9 Å². The van der Waals surface area contributed by atoms with E-state index in [4.69, 9.17) is 16.0 Å². The van der Waals surface area contributed by atoms with E-state index in [1.54, 1.807) is 0 Å². The predicted molar refractivity (Wildman–Crippen MR) is 107 cm³/mol. The van der Waals surface area contributed by atoms with Crippen LogP contribution in [0, 0.1) is 6.92 Å². The Labute approximate surface area is 168 Å². The van der Waals surface area contributed by atoms with Gasteiger partial charge in [-0.25, -0.2) is 0 Å². The van der Waals surface area contributed by atoms with Crippen molar-refractivity contribution in [2.24, 2.45) is 0 Å². The van der Waals surface area contributed by atoms with E-state index in [2.05, 4.69) is 31.4 Å². The lowest BCUT2D eigenvalue weighted by atomic mass is 10.1. The smallest absolute Gasteiger partial charge is 0.277 e. The van der Waals surface area contributed by atoms with Gasteiger partial charge >= 0.3 is 0 Å². The minimum Gasteiger partial charge on any atom is -0.416 e. The number of benzene rings is 2. The van der Waals surface area contributed by atoms with Crippen LogP contribution in [0.5, 0.6) is 0 Å². The zero-order valence-electron chi connectivity index (χ0n) is 13.8. The van der Waals surface area contributed by atoms with Crippen LogP contribution in [0.25, 0.3) is 0 Å². The van der Waals surface area contributed by atoms with Crippen LogP contribution in [0.4, 0.5) is 5.69 Å². The summed E-state index contributed by atoms with van der Waals surface area (Å²) >= 11 is 10.5. The Kier molecular flexibility index (Phi) is 6.34. The lowest BCUT2D eigenvalue weighted by Crippen LogP contribution is -2.14. The highest BCUT2D eigenvalue weighted by Crippen LogP contribution is 2.22. The van der Waals surface area contributed by atoms with Crippen molar-refractivity contribution >= 4 is 50.9 Å². The first-order valence-electron chi connectivity index (χ1n) is 7.75. The van der Waals surface area contributed by atoms with Crippen LogP contribution in [0.15, 0.2) is 56.6 Å². The summed E-state index contributed by atoms with van der Waals surface area (Å²) in [5.41, 5.74) is 2.87. The molecule has 0 aliphatic carbocycles. The SMILES string of the molecule is Cc1ccc(NC(=O)CSc2nnc(Cc3ccc(Cl)cc3)o2)cc1Br. The molecule has 3 aromatic rings. The maximum atomic E-state index is 12.1. The molecule has 1 heterocycles. The van der Waals surface area contributed by atoms with Crippen LogP contribution in [0.3, 0.4) is 0 Å². The maximum Gasteiger partial charge on any atom is 0.277 e. The minimum atomic E-state index is -0.136. The fourth-order valence-corrected chi connectivity index (χ4v) is 3.23. The average Bonchev–Trinajstić information content (AvgIpc) is 3.06. The van der Waals surface area contributed by atoms with E-state index in [9.17, 15) is 4.79 Å². The molecule has 0 radical (unpaired) electrons. The van der Waals surface area contributed by atoms with Crippen molar-refractivity contribution in [1.82, 2.24) is 10.2 Å². The number of aromatic nitrogens is 2. The number of nitrogens with zero attached hydrogens (tertiary/aromatic N) is 2. The molecular formula is C18H15BrClN3O2S. The van der Waals surface area contributed by atoms with Gasteiger partial charge in [0.2, 0.25) is 11.8 Å². The third-order valence-electron chi connectivity index (χ3n) is 3.50. The number of thioether (sulfide) groups is 1. The number of amides is 1. The van der Waals surface area contributed by atoms with E-state index < -0.39 is 0 Å². The van der Waals surface area contributed by atoms with Gasteiger partial charge in [0.1, 0.15) is 0 Å². The van der Waals surface area contributed by atoms with E-state index in [0.29, 0.717) is 22.6 Å². The predicted octanol–water partition coefficient (Wildman–Crippen LogP) is 5.12. The highest BCUT2D eigenvalue weighted by atomic mass is 79.9. The minimum absolute atomic E-state index is 0.136. The van der Waals surface area contributed by atoms with E-state index in [-0.39, 0.29) is 11.7 Å². The molecule has 0 unspecified atom stereocenters. The first-order chi connectivity index (χ1) is 12.5. The first kappa shape index (κ1) is 18.9. The lowest BCUT2D eigenvalue weighted by Gasteiger charge is -2.06. The first-order valence-corrected chi connectivity index (χ1v) is 9.91. The largest absolute Gasteiger partial charge is 0.416 e. The van der Waals surface area contributed by atoms with Gasteiger partial charge in [-0.3, -0.25) is 4.79 Å². The van der Waals surface area contributed by atoms with Gasteiger partial charge in [-0.05, 0) is 42.3 Å². The van der Waals surface area contributed by atoms with Gasteiger partial charge in [-0.1, -0.05) is 57.5 Å². The Morgan fingerprint density at radius 1 is 1.23 bits per heavy atom. The molecule has 5 nitrogen and oxygen atoms in total. The molecule has 0 saturated heterocycles. The number of carbonyl (C=O) groups excluding carboxylic acids is 1. The van der Waals surface area contributed by atoms with E-state index in [1.165, 1.54) is 11.8 Å². The number of aryl methyl sites for hydroxylation is 1. The van der Waals surface area contributed by atoms with Gasteiger partial charge in [0, 0.05) is 15.2 Å². The molecule has 2 aromatic carbocycles. The van der Waals surface area contributed by atoms with Gasteiger partial charge in [0.25, 0.3) is 5.22 Å².